The summed E-state index contributed by atoms with van der Waals surface area (Å²) in [7, 11) is 1.53. The number of methoxy groups -OCH3 is 1. The first-order valence-electron chi connectivity index (χ1n) is 7.01. The van der Waals surface area contributed by atoms with E-state index in [4.69, 9.17) is 9.47 Å². The number of rotatable bonds is 8. The number of hydrogen-bond donors (Lipinski definition) is 1. The van der Waals surface area contributed by atoms with E-state index in [1.165, 1.54) is 12.0 Å². The fourth-order valence-electron chi connectivity index (χ4n) is 1.87. The van der Waals surface area contributed by atoms with Crippen LogP contribution in [-0.2, 0) is 14.3 Å². The van der Waals surface area contributed by atoms with E-state index in [9.17, 15) is 9.59 Å². The third kappa shape index (κ3) is 4.25. The van der Waals surface area contributed by atoms with Gasteiger partial charge in [-0.1, -0.05) is 0 Å². The Balaban J connectivity index is 2.02. The summed E-state index contributed by atoms with van der Waals surface area (Å²) in [5, 5.41) is 6.72. The lowest BCUT2D eigenvalue weighted by Crippen LogP contribution is -2.39. The zero-order chi connectivity index (χ0) is 15.2. The first-order valence-corrected chi connectivity index (χ1v) is 7.01. The lowest BCUT2D eigenvalue weighted by Gasteiger charge is -2.19. The fourth-order valence-corrected chi connectivity index (χ4v) is 1.87. The molecule has 0 bridgehead atoms. The van der Waals surface area contributed by atoms with Gasteiger partial charge in [0.15, 0.2) is 0 Å². The van der Waals surface area contributed by atoms with Crippen molar-refractivity contribution in [3.8, 4) is 0 Å². The second-order valence-electron chi connectivity index (χ2n) is 4.84. The minimum atomic E-state index is -0.458. The normalized spacial score (nSPS) is 14.0. The highest BCUT2D eigenvalue weighted by Gasteiger charge is 2.29. The molecule has 8 heteroatoms. The molecule has 8 nitrogen and oxygen atoms in total. The third-order valence-corrected chi connectivity index (χ3v) is 3.14. The maximum absolute atomic E-state index is 12.4. The second kappa shape index (κ2) is 7.16. The Morgan fingerprint density at radius 3 is 2.81 bits per heavy atom. The molecular weight excluding hydrogens is 276 g/mol. The minimum absolute atomic E-state index is 0.0808. The summed E-state index contributed by atoms with van der Waals surface area (Å²) in [5.41, 5.74) is 0. The first-order chi connectivity index (χ1) is 10.2. The van der Waals surface area contributed by atoms with Gasteiger partial charge in [-0.15, -0.1) is 5.10 Å². The number of carbonyl (C=O) groups is 2. The molecule has 1 amide bonds. The SMILES string of the molecule is CCOC(=O)CN(CCOC)C(=O)c1n[nH]c(C2CC2)n1. The van der Waals surface area contributed by atoms with Gasteiger partial charge >= 0.3 is 5.97 Å². The molecule has 1 aromatic rings. The zero-order valence-electron chi connectivity index (χ0n) is 12.3. The molecule has 0 spiro atoms. The van der Waals surface area contributed by atoms with Gasteiger partial charge in [0.1, 0.15) is 12.4 Å². The average Bonchev–Trinajstić information content (AvgIpc) is 3.20. The minimum Gasteiger partial charge on any atom is -0.465 e. The monoisotopic (exact) mass is 296 g/mol. The number of aromatic nitrogens is 3. The Bertz CT molecular complexity index is 498. The summed E-state index contributed by atoms with van der Waals surface area (Å²) < 4.78 is 9.83. The van der Waals surface area contributed by atoms with Gasteiger partial charge in [-0.3, -0.25) is 14.7 Å². The Labute approximate surface area is 122 Å². The van der Waals surface area contributed by atoms with E-state index in [2.05, 4.69) is 15.2 Å². The summed E-state index contributed by atoms with van der Waals surface area (Å²) in [6.07, 6.45) is 2.14. The van der Waals surface area contributed by atoms with Gasteiger partial charge < -0.3 is 14.4 Å². The predicted molar refractivity (Wildman–Crippen MR) is 72.8 cm³/mol. The second-order valence-corrected chi connectivity index (χ2v) is 4.84. The topological polar surface area (TPSA) is 97.4 Å². The third-order valence-electron chi connectivity index (χ3n) is 3.14. The van der Waals surface area contributed by atoms with E-state index >= 15 is 0 Å². The smallest absolute Gasteiger partial charge is 0.325 e. The van der Waals surface area contributed by atoms with Gasteiger partial charge in [0.05, 0.1) is 13.2 Å². The van der Waals surface area contributed by atoms with E-state index in [1.807, 2.05) is 0 Å². The molecule has 0 aromatic carbocycles. The molecule has 0 unspecified atom stereocenters. The van der Waals surface area contributed by atoms with Gasteiger partial charge in [0.25, 0.3) is 5.91 Å². The number of nitrogens with zero attached hydrogens (tertiary/aromatic N) is 3. The first kappa shape index (κ1) is 15.4. The van der Waals surface area contributed by atoms with Crippen LogP contribution >= 0.6 is 0 Å². The molecule has 116 valence electrons. The molecule has 1 N–H and O–H groups in total. The molecule has 1 saturated carbocycles. The number of amides is 1. The summed E-state index contributed by atoms with van der Waals surface area (Å²) in [6.45, 7) is 2.46. The van der Waals surface area contributed by atoms with Crippen LogP contribution in [0.3, 0.4) is 0 Å². The van der Waals surface area contributed by atoms with Gasteiger partial charge in [-0.2, -0.15) is 0 Å². The lowest BCUT2D eigenvalue weighted by atomic mass is 10.4. The number of carbonyl (C=O) groups excluding carboxylic acids is 2. The maximum atomic E-state index is 12.4. The van der Waals surface area contributed by atoms with Crippen LogP contribution in [0, 0.1) is 0 Å². The average molecular weight is 296 g/mol. The van der Waals surface area contributed by atoms with Crippen molar-refractivity contribution in [1.29, 1.82) is 0 Å². The Morgan fingerprint density at radius 1 is 1.43 bits per heavy atom. The molecule has 0 aliphatic heterocycles. The number of H-pyrrole nitrogens is 1. The van der Waals surface area contributed by atoms with Crippen molar-refractivity contribution < 1.29 is 19.1 Å². The fraction of sp³-hybridized carbons (Fsp3) is 0.692. The van der Waals surface area contributed by atoms with Gasteiger partial charge in [-0.25, -0.2) is 4.98 Å². The number of ether oxygens (including phenoxy) is 2. The van der Waals surface area contributed by atoms with E-state index in [0.29, 0.717) is 12.5 Å². The van der Waals surface area contributed by atoms with Gasteiger partial charge in [0.2, 0.25) is 5.82 Å². The van der Waals surface area contributed by atoms with E-state index < -0.39 is 11.9 Å². The van der Waals surface area contributed by atoms with Crippen LogP contribution < -0.4 is 0 Å². The van der Waals surface area contributed by atoms with Crippen molar-refractivity contribution in [3.05, 3.63) is 11.6 Å². The number of esters is 1. The molecule has 1 heterocycles. The molecule has 0 saturated heterocycles. The molecule has 1 aromatic heterocycles. The van der Waals surface area contributed by atoms with Gasteiger partial charge in [-0.05, 0) is 19.8 Å². The van der Waals surface area contributed by atoms with Crippen LogP contribution in [0.5, 0.6) is 0 Å². The van der Waals surface area contributed by atoms with Crippen LogP contribution in [-0.4, -0.2) is 65.4 Å². The highest BCUT2D eigenvalue weighted by atomic mass is 16.5. The van der Waals surface area contributed by atoms with Crippen molar-refractivity contribution in [2.45, 2.75) is 25.7 Å². The van der Waals surface area contributed by atoms with Crippen LogP contribution in [0.25, 0.3) is 0 Å². The van der Waals surface area contributed by atoms with Crippen LogP contribution in [0.2, 0.25) is 0 Å². The number of aromatic amines is 1. The molecule has 1 fully saturated rings. The van der Waals surface area contributed by atoms with Gasteiger partial charge in [0, 0.05) is 19.6 Å². The van der Waals surface area contributed by atoms with Crippen LogP contribution in [0.4, 0.5) is 0 Å². The summed E-state index contributed by atoms with van der Waals surface area (Å²) >= 11 is 0. The predicted octanol–water partition coefficient (Wildman–Crippen LogP) is 0.334. The summed E-state index contributed by atoms with van der Waals surface area (Å²) in [5.74, 6) is 0.346. The van der Waals surface area contributed by atoms with Crippen molar-refractivity contribution in [2.75, 3.05) is 33.4 Å². The standard InChI is InChI=1S/C13H20N4O4/c1-3-21-10(18)8-17(6-7-20-2)13(19)12-14-11(15-16-12)9-4-5-9/h9H,3-8H2,1-2H3,(H,14,15,16). The summed E-state index contributed by atoms with van der Waals surface area (Å²) in [6, 6.07) is 0. The Morgan fingerprint density at radius 2 is 2.19 bits per heavy atom. The van der Waals surface area contributed by atoms with Crippen molar-refractivity contribution in [3.63, 3.8) is 0 Å². The molecule has 0 radical (unpaired) electrons. The van der Waals surface area contributed by atoms with E-state index in [-0.39, 0.29) is 25.5 Å². The highest BCUT2D eigenvalue weighted by Crippen LogP contribution is 2.37. The molecule has 1 aliphatic carbocycles. The molecular formula is C13H20N4O4. The van der Waals surface area contributed by atoms with E-state index in [1.54, 1.807) is 6.92 Å². The quantitative estimate of drug-likeness (QED) is 0.694. The maximum Gasteiger partial charge on any atom is 0.325 e. The lowest BCUT2D eigenvalue weighted by molar-refractivity contribution is -0.143. The highest BCUT2D eigenvalue weighted by molar-refractivity contribution is 5.92. The molecule has 21 heavy (non-hydrogen) atoms. The van der Waals surface area contributed by atoms with Crippen LogP contribution in [0.15, 0.2) is 0 Å². The Kier molecular flexibility index (Phi) is 5.26. The largest absolute Gasteiger partial charge is 0.465 e. The summed E-state index contributed by atoms with van der Waals surface area (Å²) in [4.78, 5) is 29.5. The Hall–Kier alpha value is -1.96. The molecule has 1 aliphatic rings. The van der Waals surface area contributed by atoms with E-state index in [0.717, 1.165) is 18.7 Å². The number of hydrogen-bond acceptors (Lipinski definition) is 6. The van der Waals surface area contributed by atoms with Crippen molar-refractivity contribution >= 4 is 11.9 Å². The molecule has 0 atom stereocenters. The number of nitrogens with one attached hydrogen (secondary N) is 1. The van der Waals surface area contributed by atoms with Crippen molar-refractivity contribution in [1.82, 2.24) is 20.1 Å². The van der Waals surface area contributed by atoms with Crippen molar-refractivity contribution in [2.24, 2.45) is 0 Å². The van der Waals surface area contributed by atoms with Crippen LogP contribution in [0.1, 0.15) is 42.1 Å². The zero-order valence-corrected chi connectivity index (χ0v) is 12.3. The molecule has 2 rings (SSSR count).